The minimum absolute atomic E-state index is 0. The molecule has 29 heavy (non-hydrogen) atoms. The number of thioether (sulfide) groups is 1. The van der Waals surface area contributed by atoms with Gasteiger partial charge in [-0.3, -0.25) is 19.3 Å². The van der Waals surface area contributed by atoms with Crippen LogP contribution >= 0.6 is 11.8 Å². The Hall–Kier alpha value is -2.00. The molecule has 0 radical (unpaired) electrons. The molecule has 2 fully saturated rings. The summed E-state index contributed by atoms with van der Waals surface area (Å²) in [6.07, 6.45) is -0.681. The van der Waals surface area contributed by atoms with Crippen molar-refractivity contribution >= 4 is 35.5 Å². The molecular weight excluding hydrogens is 417 g/mol. The third kappa shape index (κ3) is 3.44. The zero-order valence-corrected chi connectivity index (χ0v) is 18.3. The van der Waals surface area contributed by atoms with E-state index in [1.165, 1.54) is 16.5 Å². The Morgan fingerprint density at radius 3 is 2.72 bits per heavy atom. The number of hydrogen-bond donors (Lipinski definition) is 1. The Balaban J connectivity index is 0.00000240. The molecule has 0 aromatic carbocycles. The predicted octanol–water partition coefficient (Wildman–Crippen LogP) is -6.94. The minimum atomic E-state index is -1.51. The molecule has 4 rings (SSSR count). The molecule has 3 aliphatic heterocycles. The number of carbonyl (C=O) groups excluding carboxylic acids is 4. The van der Waals surface area contributed by atoms with E-state index in [-0.39, 0.29) is 65.3 Å². The van der Waals surface area contributed by atoms with Crippen molar-refractivity contribution in [2.45, 2.75) is 36.8 Å². The van der Waals surface area contributed by atoms with Crippen molar-refractivity contribution in [3.63, 3.8) is 0 Å². The van der Waals surface area contributed by atoms with Crippen LogP contribution in [0.3, 0.4) is 0 Å². The summed E-state index contributed by atoms with van der Waals surface area (Å²) < 4.78 is 6.88. The number of tetrazole rings is 1. The maximum atomic E-state index is 12.5. The molecule has 0 bridgehead atoms. The predicted molar refractivity (Wildman–Crippen MR) is 86.5 cm³/mol. The second-order valence-electron chi connectivity index (χ2n) is 6.38. The first-order valence-corrected chi connectivity index (χ1v) is 9.13. The third-order valence-electron chi connectivity index (χ3n) is 4.80. The fourth-order valence-corrected chi connectivity index (χ4v) is 4.59. The Kier molecular flexibility index (Phi) is 6.01. The van der Waals surface area contributed by atoms with Crippen molar-refractivity contribution in [1.29, 1.82) is 0 Å². The maximum absolute atomic E-state index is 12.5. The molecule has 2 N–H and O–H groups in total. The van der Waals surface area contributed by atoms with Crippen LogP contribution in [0.15, 0.2) is 16.4 Å². The number of hydrogen-bond acceptors (Lipinski definition) is 10. The molecule has 15 heteroatoms. The molecule has 0 spiro atoms. The van der Waals surface area contributed by atoms with Crippen LogP contribution < -0.4 is 40.4 Å². The summed E-state index contributed by atoms with van der Waals surface area (Å²) in [6.45, 7) is 0.968. The second kappa shape index (κ2) is 8.02. The third-order valence-corrected chi connectivity index (χ3v) is 5.80. The van der Waals surface area contributed by atoms with Crippen molar-refractivity contribution in [3.05, 3.63) is 11.3 Å². The molecule has 2 saturated heterocycles. The summed E-state index contributed by atoms with van der Waals surface area (Å²) in [7, 11) is 0. The fourth-order valence-electron chi connectivity index (χ4n) is 3.66. The smallest absolute Gasteiger partial charge is 0.543 e. The van der Waals surface area contributed by atoms with Gasteiger partial charge in [-0.25, -0.2) is 4.68 Å². The number of primary amides is 1. The average molecular weight is 431 g/mol. The van der Waals surface area contributed by atoms with Crippen molar-refractivity contribution in [2.24, 2.45) is 5.73 Å². The van der Waals surface area contributed by atoms with Gasteiger partial charge in [-0.15, -0.1) is 5.10 Å². The number of carboxylic acids is 1. The standard InChI is InChI=1S/C14H15N7O6S.Na/c1-5(22)19-4-27-11-6(3-28-14-16-17-18-20(14)2-7(15)23)8(13(25)26)21-9(11)10(19)12(21)24;/h9-11H,2-4H2,1H3,(H2,15,23)(H,25,26);/q;+1/p-1/t9-,10-,11?;/m0./s1. The van der Waals surface area contributed by atoms with Crippen LogP contribution in [0.4, 0.5) is 0 Å². The molecule has 148 valence electrons. The monoisotopic (exact) mass is 431 g/mol. The van der Waals surface area contributed by atoms with Crippen molar-refractivity contribution in [1.82, 2.24) is 30.0 Å². The molecule has 3 atom stereocenters. The SMILES string of the molecule is CC(=O)N1COC2C(CSc3nnnn3CC(N)=O)=C(C(=O)[O-])N3C(=O)[C@@H]1[C@@H]23.[Na+]. The van der Waals surface area contributed by atoms with Gasteiger partial charge in [0.25, 0.3) is 5.91 Å². The summed E-state index contributed by atoms with van der Waals surface area (Å²) in [6, 6.07) is -1.36. The molecule has 1 unspecified atom stereocenters. The summed E-state index contributed by atoms with van der Waals surface area (Å²) >= 11 is 1.07. The van der Waals surface area contributed by atoms with Gasteiger partial charge in [-0.2, -0.15) is 0 Å². The van der Waals surface area contributed by atoms with Crippen LogP contribution in [0.25, 0.3) is 0 Å². The first-order chi connectivity index (χ1) is 13.3. The van der Waals surface area contributed by atoms with E-state index in [9.17, 15) is 24.3 Å². The van der Waals surface area contributed by atoms with Crippen LogP contribution in [0.5, 0.6) is 0 Å². The van der Waals surface area contributed by atoms with E-state index in [1.807, 2.05) is 0 Å². The molecular formula is C14H14N7NaO6S. The molecule has 0 saturated carbocycles. The van der Waals surface area contributed by atoms with Crippen LogP contribution in [0.1, 0.15) is 6.92 Å². The first-order valence-electron chi connectivity index (χ1n) is 8.14. The number of amides is 3. The molecule has 3 amide bonds. The van der Waals surface area contributed by atoms with Crippen LogP contribution in [0, 0.1) is 0 Å². The number of carboxylic acid groups (broad SMARTS) is 1. The molecule has 1 aromatic heterocycles. The van der Waals surface area contributed by atoms with Crippen molar-refractivity contribution in [3.8, 4) is 0 Å². The van der Waals surface area contributed by atoms with E-state index < -0.39 is 36.0 Å². The zero-order valence-electron chi connectivity index (χ0n) is 15.5. The molecule has 13 nitrogen and oxygen atoms in total. The topological polar surface area (TPSA) is 177 Å². The second-order valence-corrected chi connectivity index (χ2v) is 7.33. The largest absolute Gasteiger partial charge is 1.00 e. The van der Waals surface area contributed by atoms with Gasteiger partial charge in [0.2, 0.25) is 17.0 Å². The van der Waals surface area contributed by atoms with Gasteiger partial charge in [-0.05, 0) is 16.0 Å². The van der Waals surface area contributed by atoms with E-state index in [0.717, 1.165) is 16.7 Å². The number of aromatic nitrogens is 4. The zero-order chi connectivity index (χ0) is 20.2. The van der Waals surface area contributed by atoms with Gasteiger partial charge >= 0.3 is 29.6 Å². The Morgan fingerprint density at radius 1 is 1.38 bits per heavy atom. The van der Waals surface area contributed by atoms with Crippen LogP contribution in [-0.2, 0) is 30.5 Å². The van der Waals surface area contributed by atoms with Gasteiger partial charge in [-0.1, -0.05) is 11.8 Å². The quantitative estimate of drug-likeness (QED) is 0.259. The summed E-state index contributed by atoms with van der Waals surface area (Å²) in [5.41, 5.74) is 5.21. The van der Waals surface area contributed by atoms with Crippen molar-refractivity contribution in [2.75, 3.05) is 12.5 Å². The van der Waals surface area contributed by atoms with E-state index in [0.29, 0.717) is 5.57 Å². The number of nitrogens with two attached hydrogens (primary N) is 1. The molecule has 4 heterocycles. The van der Waals surface area contributed by atoms with E-state index in [1.54, 1.807) is 0 Å². The van der Waals surface area contributed by atoms with Crippen LogP contribution in [-0.4, -0.2) is 84.4 Å². The number of ether oxygens (including phenoxy) is 1. The number of carbonyl (C=O) groups is 4. The Labute approximate surface area is 189 Å². The van der Waals surface area contributed by atoms with Gasteiger partial charge in [0, 0.05) is 12.7 Å². The van der Waals surface area contributed by atoms with Gasteiger partial charge in [0.1, 0.15) is 25.4 Å². The minimum Gasteiger partial charge on any atom is -0.543 e. The van der Waals surface area contributed by atoms with E-state index in [2.05, 4.69) is 15.5 Å². The molecule has 0 aliphatic carbocycles. The Morgan fingerprint density at radius 2 is 2.10 bits per heavy atom. The number of β-lactam (4-membered cyclic amide) rings is 1. The summed E-state index contributed by atoms with van der Waals surface area (Å²) in [5, 5.41) is 22.9. The number of aliphatic carboxylic acids is 1. The molecule has 1 aromatic rings. The average Bonchev–Trinajstić information content (AvgIpc) is 3.18. The van der Waals surface area contributed by atoms with Crippen LogP contribution in [0.2, 0.25) is 0 Å². The normalized spacial score (nSPS) is 24.7. The van der Waals surface area contributed by atoms with E-state index in [4.69, 9.17) is 10.5 Å². The number of rotatable bonds is 6. The summed E-state index contributed by atoms with van der Waals surface area (Å²) in [5.74, 6) is -2.87. The summed E-state index contributed by atoms with van der Waals surface area (Å²) in [4.78, 5) is 49.4. The van der Waals surface area contributed by atoms with Gasteiger partial charge in [0.15, 0.2) is 0 Å². The van der Waals surface area contributed by atoms with Crippen molar-refractivity contribution < 1.29 is 58.6 Å². The first kappa shape index (κ1) is 21.7. The fraction of sp³-hybridized carbons (Fsp3) is 0.500. The number of nitrogens with zero attached hydrogens (tertiary/aromatic N) is 6. The molecule has 3 aliphatic rings. The van der Waals surface area contributed by atoms with E-state index >= 15 is 0 Å². The Bertz CT molecular complexity index is 935. The maximum Gasteiger partial charge on any atom is 1.00 e. The van der Waals surface area contributed by atoms with Gasteiger partial charge < -0.3 is 25.3 Å². The van der Waals surface area contributed by atoms with Gasteiger partial charge in [0.05, 0.1) is 17.7 Å².